The molecule has 0 spiro atoms. The summed E-state index contributed by atoms with van der Waals surface area (Å²) < 4.78 is 29.7. The van der Waals surface area contributed by atoms with E-state index in [1.807, 2.05) is 0 Å². The van der Waals surface area contributed by atoms with Gasteiger partial charge in [0.1, 0.15) is 6.54 Å². The Morgan fingerprint density at radius 1 is 1.21 bits per heavy atom. The van der Waals surface area contributed by atoms with Gasteiger partial charge in [-0.15, -0.1) is 9.40 Å². The molecule has 0 amide bonds. The standard InChI is InChI=1S/C14H13N5O3S2/c20-14-18-8-7-17(24(21,22)13-2-1-9-23-13)10-12(18)16-19(14)11-3-5-15-6-4-11/h1-6,9H,7-8,10H2. The molecule has 1 atom stereocenters. The molecule has 4 heterocycles. The van der Waals surface area contributed by atoms with E-state index in [9.17, 15) is 13.6 Å². The predicted octanol–water partition coefficient (Wildman–Crippen LogP) is 0.910. The maximum Gasteiger partial charge on any atom is 0.350 e. The molecule has 0 radical (unpaired) electrons. The van der Waals surface area contributed by atoms with Crippen molar-refractivity contribution in [2.75, 3.05) is 6.54 Å². The SMILES string of the molecule is O=c1n(-c2ccncc2)nc2n1CCN([S+](=O)([O-])c1cccs1)C2. The monoisotopic (exact) mass is 363 g/mol. The molecule has 4 rings (SSSR count). The molecular formula is C14H13N5O3S2. The van der Waals surface area contributed by atoms with Gasteiger partial charge in [-0.3, -0.25) is 9.55 Å². The summed E-state index contributed by atoms with van der Waals surface area (Å²) in [6.45, 7) is 0.604. The van der Waals surface area contributed by atoms with Crippen LogP contribution in [0.4, 0.5) is 0 Å². The highest BCUT2D eigenvalue weighted by Gasteiger charge is 2.36. The molecule has 10 heteroatoms. The van der Waals surface area contributed by atoms with Crippen molar-refractivity contribution in [3.05, 3.63) is 58.3 Å². The summed E-state index contributed by atoms with van der Waals surface area (Å²) in [4.78, 5) is 16.4. The van der Waals surface area contributed by atoms with Gasteiger partial charge in [0.2, 0.25) is 4.21 Å². The largest absolute Gasteiger partial charge is 0.592 e. The van der Waals surface area contributed by atoms with Crippen LogP contribution in [0.25, 0.3) is 5.69 Å². The molecule has 0 aromatic carbocycles. The van der Waals surface area contributed by atoms with Crippen molar-refractivity contribution in [3.8, 4) is 5.69 Å². The topological polar surface area (TPSA) is 96.1 Å². The second-order valence-corrected chi connectivity index (χ2v) is 8.35. The molecule has 0 saturated heterocycles. The lowest BCUT2D eigenvalue weighted by Crippen LogP contribution is -2.43. The number of hydrogen-bond acceptors (Lipinski definition) is 6. The number of rotatable bonds is 3. The second-order valence-electron chi connectivity index (χ2n) is 5.24. The third kappa shape index (κ3) is 2.44. The Bertz CT molecular complexity index is 964. The number of aromatic nitrogens is 4. The van der Waals surface area contributed by atoms with Gasteiger partial charge in [-0.1, -0.05) is 15.5 Å². The van der Waals surface area contributed by atoms with Crippen LogP contribution in [0.3, 0.4) is 0 Å². The Morgan fingerprint density at radius 3 is 2.71 bits per heavy atom. The van der Waals surface area contributed by atoms with Crippen LogP contribution in [0.15, 0.2) is 51.0 Å². The molecule has 3 aromatic rings. The normalized spacial score (nSPS) is 17.4. The highest BCUT2D eigenvalue weighted by molar-refractivity contribution is 7.97. The van der Waals surface area contributed by atoms with Crippen LogP contribution in [0, 0.1) is 0 Å². The number of sulfonamides is 1. The molecule has 0 fully saturated rings. The molecule has 3 aromatic heterocycles. The van der Waals surface area contributed by atoms with Crippen LogP contribution in [-0.2, 0) is 27.7 Å². The molecular weight excluding hydrogens is 350 g/mol. The lowest BCUT2D eigenvalue weighted by atomic mass is 10.4. The van der Waals surface area contributed by atoms with E-state index in [1.165, 1.54) is 24.9 Å². The van der Waals surface area contributed by atoms with Crippen LogP contribution in [0.5, 0.6) is 0 Å². The third-order valence-electron chi connectivity index (χ3n) is 3.83. The van der Waals surface area contributed by atoms with Crippen molar-refractivity contribution >= 4 is 21.7 Å². The Balaban J connectivity index is 1.69. The molecule has 0 N–H and O–H groups in total. The first-order chi connectivity index (χ1) is 11.6. The number of pyridine rings is 1. The zero-order valence-electron chi connectivity index (χ0n) is 12.4. The highest BCUT2D eigenvalue weighted by Crippen LogP contribution is 2.28. The van der Waals surface area contributed by atoms with Crippen molar-refractivity contribution in [1.82, 2.24) is 23.6 Å². The van der Waals surface area contributed by atoms with E-state index < -0.39 is 10.4 Å². The number of thiophene rings is 1. The number of hydrogen-bond donors (Lipinski definition) is 0. The van der Waals surface area contributed by atoms with Gasteiger partial charge in [-0.2, -0.15) is 4.68 Å². The van der Waals surface area contributed by atoms with Crippen molar-refractivity contribution < 1.29 is 8.76 Å². The van der Waals surface area contributed by atoms with E-state index in [4.69, 9.17) is 0 Å². The minimum atomic E-state index is -3.55. The predicted molar refractivity (Wildman–Crippen MR) is 87.4 cm³/mol. The quantitative estimate of drug-likeness (QED) is 0.645. The van der Waals surface area contributed by atoms with Crippen molar-refractivity contribution in [3.63, 3.8) is 0 Å². The Labute approximate surface area is 142 Å². The van der Waals surface area contributed by atoms with Gasteiger partial charge in [0.25, 0.3) is 0 Å². The van der Waals surface area contributed by atoms with Crippen LogP contribution < -0.4 is 5.69 Å². The fourth-order valence-corrected chi connectivity index (χ4v) is 5.15. The van der Waals surface area contributed by atoms with Crippen molar-refractivity contribution in [2.45, 2.75) is 17.3 Å². The van der Waals surface area contributed by atoms with Crippen molar-refractivity contribution in [2.24, 2.45) is 0 Å². The van der Waals surface area contributed by atoms with E-state index >= 15 is 0 Å². The maximum absolute atomic E-state index is 12.6. The molecule has 1 aliphatic rings. The average molecular weight is 363 g/mol. The van der Waals surface area contributed by atoms with Gasteiger partial charge in [-0.25, -0.2) is 4.79 Å². The van der Waals surface area contributed by atoms with Crippen molar-refractivity contribution in [1.29, 1.82) is 0 Å². The lowest BCUT2D eigenvalue weighted by molar-refractivity contribution is 0.301. The molecule has 0 bridgehead atoms. The Hall–Kier alpha value is -2.14. The molecule has 1 aliphatic heterocycles. The fourth-order valence-electron chi connectivity index (χ4n) is 2.62. The summed E-state index contributed by atoms with van der Waals surface area (Å²) in [7, 11) is -3.55. The van der Waals surface area contributed by atoms with Gasteiger partial charge in [0.05, 0.1) is 12.2 Å². The van der Waals surface area contributed by atoms with Gasteiger partial charge in [0, 0.05) is 25.0 Å². The van der Waals surface area contributed by atoms with Crippen LogP contribution in [-0.4, -0.2) is 34.7 Å². The van der Waals surface area contributed by atoms with E-state index in [-0.39, 0.29) is 25.3 Å². The average Bonchev–Trinajstić information content (AvgIpc) is 3.24. The minimum Gasteiger partial charge on any atom is -0.592 e. The lowest BCUT2D eigenvalue weighted by Gasteiger charge is -2.28. The smallest absolute Gasteiger partial charge is 0.350 e. The molecule has 8 nitrogen and oxygen atoms in total. The highest BCUT2D eigenvalue weighted by atomic mass is 32.3. The van der Waals surface area contributed by atoms with E-state index in [2.05, 4.69) is 10.1 Å². The van der Waals surface area contributed by atoms with E-state index in [0.29, 0.717) is 15.7 Å². The van der Waals surface area contributed by atoms with Crippen LogP contribution >= 0.6 is 11.3 Å². The molecule has 124 valence electrons. The Morgan fingerprint density at radius 2 is 2.00 bits per heavy atom. The summed E-state index contributed by atoms with van der Waals surface area (Å²) in [5, 5.41) is 6.03. The zero-order valence-corrected chi connectivity index (χ0v) is 14.1. The minimum absolute atomic E-state index is 0.0769. The zero-order chi connectivity index (χ0) is 16.7. The van der Waals surface area contributed by atoms with Gasteiger partial charge in [0.15, 0.2) is 16.2 Å². The number of nitrogens with zero attached hydrogens (tertiary/aromatic N) is 5. The maximum atomic E-state index is 12.6. The number of fused-ring (bicyclic) bond motifs is 1. The van der Waals surface area contributed by atoms with E-state index in [0.717, 1.165) is 0 Å². The molecule has 0 aliphatic carbocycles. The summed E-state index contributed by atoms with van der Waals surface area (Å²) in [5.74, 6) is 0.434. The molecule has 0 saturated carbocycles. The second kappa shape index (κ2) is 5.74. The van der Waals surface area contributed by atoms with Gasteiger partial charge >= 0.3 is 5.69 Å². The van der Waals surface area contributed by atoms with Crippen LogP contribution in [0.2, 0.25) is 0 Å². The summed E-state index contributed by atoms with van der Waals surface area (Å²) >= 11 is 1.18. The molecule has 24 heavy (non-hydrogen) atoms. The van der Waals surface area contributed by atoms with E-state index in [1.54, 1.807) is 42.0 Å². The fraction of sp³-hybridized carbons (Fsp3) is 0.214. The third-order valence-corrected chi connectivity index (χ3v) is 7.04. The first-order valence-electron chi connectivity index (χ1n) is 7.20. The van der Waals surface area contributed by atoms with Gasteiger partial charge in [-0.05, 0) is 23.6 Å². The Kier molecular flexibility index (Phi) is 3.68. The summed E-state index contributed by atoms with van der Waals surface area (Å²) in [6, 6.07) is 6.65. The summed E-state index contributed by atoms with van der Waals surface area (Å²) in [5.41, 5.74) is 0.328. The first kappa shape index (κ1) is 15.4. The van der Waals surface area contributed by atoms with Gasteiger partial charge < -0.3 is 4.55 Å². The summed E-state index contributed by atoms with van der Waals surface area (Å²) in [6.07, 6.45) is 3.15. The van der Waals surface area contributed by atoms with Crippen LogP contribution in [0.1, 0.15) is 5.82 Å². The first-order valence-corrected chi connectivity index (χ1v) is 9.52. The molecule has 1 unspecified atom stereocenters.